The van der Waals surface area contributed by atoms with Crippen LogP contribution in [0.1, 0.15) is 83.4 Å². The van der Waals surface area contributed by atoms with Gasteiger partial charge in [0.2, 0.25) is 0 Å². The molecule has 0 radical (unpaired) electrons. The zero-order chi connectivity index (χ0) is 50.1. The summed E-state index contributed by atoms with van der Waals surface area (Å²) in [5, 5.41) is 28.6. The summed E-state index contributed by atoms with van der Waals surface area (Å²) in [5.41, 5.74) is 2.51. The first-order valence-corrected chi connectivity index (χ1v) is 22.6. The fourth-order valence-corrected chi connectivity index (χ4v) is 7.42. The van der Waals surface area contributed by atoms with E-state index in [2.05, 4.69) is 30.8 Å². The molecule has 2 atom stereocenters. The molecule has 2 fully saturated rings. The maximum Gasteiger partial charge on any atom is 0.461 e. The molecule has 5 heterocycles. The van der Waals surface area contributed by atoms with Crippen LogP contribution in [0.25, 0.3) is 0 Å². The summed E-state index contributed by atoms with van der Waals surface area (Å²) < 4.78 is 120. The van der Waals surface area contributed by atoms with Crippen LogP contribution >= 0.6 is 34.0 Å². The predicted octanol–water partition coefficient (Wildman–Crippen LogP) is 8.99. The number of pyridine rings is 2. The number of alkyl halides is 9. The molecule has 5 aromatic heterocycles. The SMILES string of the molecule is CCOC(=O)C(=O)C(F)(F)F.CCOC(=O)C(O)(c1cccs1)C(F)(F)F.NCc1cncc(C2CC2)c1.O=C(NCc1cncc(C2CC2)c1)C(O)(c1cccs1)C(F)(F)F.c1ccsc1. The Bertz CT molecular complexity index is 2270. The monoisotopic (exact) mass is 1010 g/mol. The van der Waals surface area contributed by atoms with Gasteiger partial charge in [-0.25, -0.2) is 9.59 Å². The highest BCUT2D eigenvalue weighted by Crippen LogP contribution is 2.43. The number of nitrogens with one attached hydrogen (secondary N) is 1. The molecule has 366 valence electrons. The number of aliphatic hydroxyl groups is 2. The van der Waals surface area contributed by atoms with Crippen molar-refractivity contribution >= 4 is 57.6 Å². The van der Waals surface area contributed by atoms with E-state index in [0.717, 1.165) is 42.0 Å². The molecule has 2 aliphatic rings. The van der Waals surface area contributed by atoms with Crippen LogP contribution in [0.2, 0.25) is 0 Å². The summed E-state index contributed by atoms with van der Waals surface area (Å²) >= 11 is 3.03. The van der Waals surface area contributed by atoms with Crippen LogP contribution in [0.4, 0.5) is 39.5 Å². The fourth-order valence-electron chi connectivity index (χ4n) is 5.29. The Morgan fingerprint density at radius 1 is 0.687 bits per heavy atom. The Morgan fingerprint density at radius 2 is 1.15 bits per heavy atom. The smallest absolute Gasteiger partial charge is 0.461 e. The number of nitrogens with two attached hydrogens (primary N) is 1. The molecule has 0 aromatic carbocycles. The summed E-state index contributed by atoms with van der Waals surface area (Å²) in [6, 6.07) is 12.8. The van der Waals surface area contributed by atoms with E-state index >= 15 is 0 Å². The first kappa shape index (κ1) is 56.1. The van der Waals surface area contributed by atoms with Gasteiger partial charge in [0.05, 0.1) is 23.0 Å². The summed E-state index contributed by atoms with van der Waals surface area (Å²) in [5.74, 6) is -6.29. The molecule has 2 unspecified atom stereocenters. The number of hydrogen-bond donors (Lipinski definition) is 4. The van der Waals surface area contributed by atoms with Crippen molar-refractivity contribution in [3.8, 4) is 0 Å². The number of carbonyl (C=O) groups excluding carboxylic acids is 4. The predicted molar refractivity (Wildman–Crippen MR) is 229 cm³/mol. The fraction of sp³-hybridized carbons (Fsp3) is 0.395. The van der Waals surface area contributed by atoms with Crippen LogP contribution < -0.4 is 11.1 Å². The van der Waals surface area contributed by atoms with Gasteiger partial charge in [0.25, 0.3) is 17.1 Å². The van der Waals surface area contributed by atoms with Gasteiger partial charge in [0.15, 0.2) is 0 Å². The van der Waals surface area contributed by atoms with E-state index in [0.29, 0.717) is 40.7 Å². The minimum Gasteiger partial charge on any atom is -0.463 e. The zero-order valence-electron chi connectivity index (χ0n) is 35.5. The Balaban J connectivity index is 0.000000240. The van der Waals surface area contributed by atoms with Gasteiger partial charge in [-0.3, -0.25) is 19.6 Å². The van der Waals surface area contributed by atoms with E-state index in [1.807, 2.05) is 41.4 Å². The molecule has 0 spiro atoms. The van der Waals surface area contributed by atoms with Gasteiger partial charge in [-0.2, -0.15) is 50.9 Å². The molecule has 24 heteroatoms. The van der Waals surface area contributed by atoms with Gasteiger partial charge in [0.1, 0.15) is 0 Å². The Morgan fingerprint density at radius 3 is 1.52 bits per heavy atom. The molecule has 2 aliphatic carbocycles. The Kier molecular flexibility index (Phi) is 21.1. The van der Waals surface area contributed by atoms with Crippen molar-refractivity contribution in [1.82, 2.24) is 15.3 Å². The number of amides is 1. The van der Waals surface area contributed by atoms with E-state index < -0.39 is 63.1 Å². The minimum atomic E-state index is -5.13. The topological polar surface area (TPSA) is 191 Å². The van der Waals surface area contributed by atoms with E-state index in [1.165, 1.54) is 61.3 Å². The van der Waals surface area contributed by atoms with Crippen molar-refractivity contribution in [3.05, 3.63) is 127 Å². The largest absolute Gasteiger partial charge is 0.463 e. The van der Waals surface area contributed by atoms with E-state index in [9.17, 15) is 68.9 Å². The van der Waals surface area contributed by atoms with Gasteiger partial charge >= 0.3 is 36.3 Å². The van der Waals surface area contributed by atoms with Gasteiger partial charge in [-0.15, -0.1) is 22.7 Å². The summed E-state index contributed by atoms with van der Waals surface area (Å²) in [6.07, 6.45) is -3.54. The highest BCUT2D eigenvalue weighted by atomic mass is 32.1. The normalized spacial score (nSPS) is 15.1. The summed E-state index contributed by atoms with van der Waals surface area (Å²) in [7, 11) is 0. The van der Waals surface area contributed by atoms with Crippen molar-refractivity contribution in [2.24, 2.45) is 5.73 Å². The van der Waals surface area contributed by atoms with Crippen LogP contribution in [-0.4, -0.2) is 75.6 Å². The van der Waals surface area contributed by atoms with Crippen molar-refractivity contribution < 1.29 is 78.4 Å². The lowest BCUT2D eigenvalue weighted by molar-refractivity contribution is -0.266. The molecule has 7 rings (SSSR count). The zero-order valence-corrected chi connectivity index (χ0v) is 37.9. The van der Waals surface area contributed by atoms with Crippen molar-refractivity contribution in [1.29, 1.82) is 0 Å². The van der Waals surface area contributed by atoms with Crippen molar-refractivity contribution in [3.63, 3.8) is 0 Å². The quantitative estimate of drug-likeness (QED) is 0.0530. The third-order valence-corrected chi connectivity index (χ3v) is 11.6. The number of nitrogens with zero attached hydrogens (tertiary/aromatic N) is 2. The second-order valence-corrected chi connectivity index (χ2v) is 16.8. The summed E-state index contributed by atoms with van der Waals surface area (Å²) in [6.45, 7) is 2.66. The van der Waals surface area contributed by atoms with Crippen LogP contribution in [0.5, 0.6) is 0 Å². The molecule has 1 amide bonds. The second kappa shape index (κ2) is 25.2. The first-order chi connectivity index (χ1) is 31.4. The lowest BCUT2D eigenvalue weighted by Gasteiger charge is -2.28. The van der Waals surface area contributed by atoms with Gasteiger partial charge in [-0.05, 0) is 107 Å². The molecule has 0 aliphatic heterocycles. The molecular formula is C43H45F9N4O8S3. The molecule has 12 nitrogen and oxygen atoms in total. The minimum absolute atomic E-state index is 0.129. The first-order valence-electron chi connectivity index (χ1n) is 19.9. The molecule has 5 aromatic rings. The Labute approximate surface area is 390 Å². The maximum atomic E-state index is 13.3. The standard InChI is InChI=1S/C16H15F3N2O2S.C9H9F3O3S.C9H12N2.C5H5F3O3.C4H4S/c17-16(18,19)15(23,13-2-1-5-24-13)14(22)21-8-10-6-12(9-20-7-10)11-3-4-11;1-2-15-7(13)8(14,9(10,11)12)6-4-3-5-16-6;10-4-7-3-9(6-11-5-7)8-1-2-8;1-2-11-4(10)3(9)5(6,7)8;1-2-4-5-3-1/h1-2,5-7,9,11,23H,3-4,8H2,(H,21,22);3-5,14H,2H2,1H3;3,5-6,8H,1-2,4,10H2;2H2,1H3;1-4H. The number of esters is 2. The Hall–Kier alpha value is -5.27. The molecule has 2 saturated carbocycles. The van der Waals surface area contributed by atoms with Crippen molar-refractivity contribution in [2.75, 3.05) is 13.2 Å². The van der Waals surface area contributed by atoms with Crippen molar-refractivity contribution in [2.45, 2.75) is 94.2 Å². The number of halogens is 9. The van der Waals surface area contributed by atoms with Crippen LogP contribution in [0, 0.1) is 0 Å². The average Bonchev–Trinajstić information content (AvgIpc) is 4.06. The molecular weight excluding hydrogens is 968 g/mol. The van der Waals surface area contributed by atoms with E-state index in [1.54, 1.807) is 17.5 Å². The van der Waals surface area contributed by atoms with Gasteiger partial charge < -0.3 is 30.7 Å². The number of aromatic nitrogens is 2. The van der Waals surface area contributed by atoms with Gasteiger partial charge in [0, 0.05) is 37.9 Å². The second-order valence-electron chi connectivity index (χ2n) is 14.1. The van der Waals surface area contributed by atoms with Crippen LogP contribution in [-0.2, 0) is 52.9 Å². The number of ketones is 1. The highest BCUT2D eigenvalue weighted by molar-refractivity contribution is 7.10. The van der Waals surface area contributed by atoms with Crippen LogP contribution in [0.3, 0.4) is 0 Å². The number of ether oxygens (including phenoxy) is 2. The lowest BCUT2D eigenvalue weighted by atomic mass is 10.00. The number of thiophene rings is 3. The lowest BCUT2D eigenvalue weighted by Crippen LogP contribution is -2.53. The molecule has 5 N–H and O–H groups in total. The maximum absolute atomic E-state index is 13.3. The highest BCUT2D eigenvalue weighted by Gasteiger charge is 2.63. The third-order valence-electron chi connectivity index (χ3n) is 9.04. The molecule has 67 heavy (non-hydrogen) atoms. The average molecular weight is 1010 g/mol. The number of rotatable bonds is 12. The van der Waals surface area contributed by atoms with E-state index in [4.69, 9.17) is 5.73 Å². The third kappa shape index (κ3) is 16.5. The molecule has 0 saturated heterocycles. The summed E-state index contributed by atoms with van der Waals surface area (Å²) in [4.78, 5) is 50.6. The van der Waals surface area contributed by atoms with Gasteiger partial charge in [-0.1, -0.05) is 36.4 Å². The molecule has 0 bridgehead atoms. The number of Topliss-reactive ketones (excluding diaryl/α,β-unsaturated/α-hetero) is 1. The number of hydrogen-bond acceptors (Lipinski definition) is 14. The van der Waals surface area contributed by atoms with Crippen LogP contribution in [0.15, 0.2) is 94.8 Å². The number of carbonyl (C=O) groups is 4. The van der Waals surface area contributed by atoms with E-state index in [-0.39, 0.29) is 19.8 Å².